The third-order valence-corrected chi connectivity index (χ3v) is 1.56. The Hall–Kier alpha value is -0.510. The van der Waals surface area contributed by atoms with Crippen LogP contribution in [0.25, 0.3) is 0 Å². The van der Waals surface area contributed by atoms with Crippen molar-refractivity contribution in [3.63, 3.8) is 0 Å². The van der Waals surface area contributed by atoms with Crippen molar-refractivity contribution in [2.45, 2.75) is 19.5 Å². The zero-order valence-electron chi connectivity index (χ0n) is 10.2. The van der Waals surface area contributed by atoms with Crippen LogP contribution in [0.1, 0.15) is 13.3 Å². The van der Waals surface area contributed by atoms with E-state index in [1.807, 2.05) is 6.92 Å². The monoisotopic (exact) mass is 381 g/mol. The van der Waals surface area contributed by atoms with Gasteiger partial charge in [0.1, 0.15) is 6.61 Å². The molecule has 0 radical (unpaired) electrons. The molecule has 0 unspecified atom stereocenters. The van der Waals surface area contributed by atoms with E-state index in [9.17, 15) is 13.2 Å². The van der Waals surface area contributed by atoms with Crippen LogP contribution < -0.4 is 11.1 Å². The summed E-state index contributed by atoms with van der Waals surface area (Å²) in [5, 5.41) is 2.76. The maximum absolute atomic E-state index is 11.7. The summed E-state index contributed by atoms with van der Waals surface area (Å²) < 4.78 is 39.5. The molecule has 0 aliphatic heterocycles. The van der Waals surface area contributed by atoms with E-state index in [4.69, 9.17) is 5.73 Å². The van der Waals surface area contributed by atoms with Crippen LogP contribution >= 0.6 is 24.0 Å². The van der Waals surface area contributed by atoms with E-state index in [1.54, 1.807) is 0 Å². The van der Waals surface area contributed by atoms with Crippen LogP contribution in [0.2, 0.25) is 0 Å². The molecule has 0 fully saturated rings. The Morgan fingerprint density at radius 3 is 2.56 bits per heavy atom. The Balaban J connectivity index is 0. The van der Waals surface area contributed by atoms with Gasteiger partial charge in [0.05, 0.1) is 6.54 Å². The van der Waals surface area contributed by atoms with Gasteiger partial charge in [0.15, 0.2) is 5.96 Å². The lowest BCUT2D eigenvalue weighted by molar-refractivity contribution is -0.173. The van der Waals surface area contributed by atoms with Gasteiger partial charge in [-0.2, -0.15) is 13.2 Å². The molecule has 0 aromatic carbocycles. The van der Waals surface area contributed by atoms with Crippen LogP contribution in [-0.4, -0.2) is 38.4 Å². The lowest BCUT2D eigenvalue weighted by Gasteiger charge is -2.08. The standard InChI is InChI=1S/C10H18F3N3O.HI/c1-8(2)6-16-9(14)15-4-3-5-17-7-10(11,12)13;/h1,3-7H2,2H3,(H3,14,15,16);1H. The molecule has 0 aliphatic carbocycles. The highest BCUT2D eigenvalue weighted by Gasteiger charge is 2.27. The normalized spacial score (nSPS) is 11.9. The van der Waals surface area contributed by atoms with Crippen molar-refractivity contribution in [3.8, 4) is 0 Å². The summed E-state index contributed by atoms with van der Waals surface area (Å²) in [6.45, 7) is 5.14. The average molecular weight is 381 g/mol. The minimum atomic E-state index is -4.27. The zero-order valence-corrected chi connectivity index (χ0v) is 12.5. The summed E-state index contributed by atoms with van der Waals surface area (Å²) in [6.07, 6.45) is -3.84. The fourth-order valence-electron chi connectivity index (χ4n) is 0.855. The third kappa shape index (κ3) is 15.5. The molecule has 0 amide bonds. The second-order valence-electron chi connectivity index (χ2n) is 3.61. The molecule has 18 heavy (non-hydrogen) atoms. The van der Waals surface area contributed by atoms with Crippen molar-refractivity contribution in [3.05, 3.63) is 12.2 Å². The highest BCUT2D eigenvalue weighted by molar-refractivity contribution is 14.0. The van der Waals surface area contributed by atoms with Gasteiger partial charge in [0.2, 0.25) is 0 Å². The van der Waals surface area contributed by atoms with Crippen LogP contribution in [0.4, 0.5) is 13.2 Å². The number of guanidine groups is 1. The van der Waals surface area contributed by atoms with E-state index in [-0.39, 0.29) is 36.5 Å². The van der Waals surface area contributed by atoms with Gasteiger partial charge < -0.3 is 15.8 Å². The van der Waals surface area contributed by atoms with Crippen molar-refractivity contribution < 1.29 is 17.9 Å². The van der Waals surface area contributed by atoms with E-state index in [0.717, 1.165) is 5.57 Å². The minimum absolute atomic E-state index is 0. The first-order valence-corrected chi connectivity index (χ1v) is 5.14. The van der Waals surface area contributed by atoms with Crippen LogP contribution in [0.15, 0.2) is 17.1 Å². The lowest BCUT2D eigenvalue weighted by atomic mass is 10.4. The van der Waals surface area contributed by atoms with Crippen LogP contribution in [0, 0.1) is 0 Å². The number of aliphatic imine (C=N–C) groups is 1. The molecule has 4 nitrogen and oxygen atoms in total. The minimum Gasteiger partial charge on any atom is -0.372 e. The Morgan fingerprint density at radius 1 is 1.44 bits per heavy atom. The fraction of sp³-hybridized carbons (Fsp3) is 0.700. The Kier molecular flexibility index (Phi) is 11.5. The number of ether oxygens (including phenoxy) is 1. The Bertz CT molecular complexity index is 270. The average Bonchev–Trinajstić information content (AvgIpc) is 2.18. The molecule has 8 heteroatoms. The summed E-state index contributed by atoms with van der Waals surface area (Å²) in [6, 6.07) is 0. The molecule has 0 heterocycles. The number of nitrogens with two attached hydrogens (primary N) is 1. The highest BCUT2D eigenvalue weighted by Crippen LogP contribution is 2.14. The number of alkyl halides is 3. The summed E-state index contributed by atoms with van der Waals surface area (Å²) in [7, 11) is 0. The number of nitrogens with zero attached hydrogens (tertiary/aromatic N) is 1. The number of rotatable bonds is 7. The molecule has 0 saturated carbocycles. The van der Waals surface area contributed by atoms with Gasteiger partial charge >= 0.3 is 6.18 Å². The van der Waals surface area contributed by atoms with Crippen molar-refractivity contribution >= 4 is 29.9 Å². The second-order valence-corrected chi connectivity index (χ2v) is 3.61. The number of halogens is 4. The molecular formula is C10H19F3IN3O. The van der Waals surface area contributed by atoms with E-state index in [2.05, 4.69) is 21.6 Å². The van der Waals surface area contributed by atoms with E-state index in [0.29, 0.717) is 19.5 Å². The summed E-state index contributed by atoms with van der Waals surface area (Å²) >= 11 is 0. The summed E-state index contributed by atoms with van der Waals surface area (Å²) in [4.78, 5) is 3.94. The van der Waals surface area contributed by atoms with Gasteiger partial charge in [-0.15, -0.1) is 24.0 Å². The molecule has 0 aromatic heterocycles. The molecule has 0 saturated heterocycles. The quantitative estimate of drug-likeness (QED) is 0.233. The molecular weight excluding hydrogens is 362 g/mol. The largest absolute Gasteiger partial charge is 0.411 e. The van der Waals surface area contributed by atoms with Crippen LogP contribution in [-0.2, 0) is 4.74 Å². The number of hydrogen-bond acceptors (Lipinski definition) is 2. The van der Waals surface area contributed by atoms with Crippen LogP contribution in [0.5, 0.6) is 0 Å². The summed E-state index contributed by atoms with van der Waals surface area (Å²) in [5.74, 6) is 0.254. The zero-order chi connectivity index (χ0) is 13.3. The molecule has 0 aliphatic rings. The molecule has 3 N–H and O–H groups in total. The molecule has 0 bridgehead atoms. The summed E-state index contributed by atoms with van der Waals surface area (Å²) in [5.41, 5.74) is 6.36. The van der Waals surface area contributed by atoms with Gasteiger partial charge in [-0.1, -0.05) is 12.2 Å². The third-order valence-electron chi connectivity index (χ3n) is 1.56. The number of hydrogen-bond donors (Lipinski definition) is 2. The lowest BCUT2D eigenvalue weighted by Crippen LogP contribution is -2.33. The first-order valence-electron chi connectivity index (χ1n) is 5.14. The van der Waals surface area contributed by atoms with E-state index < -0.39 is 12.8 Å². The maximum atomic E-state index is 11.7. The predicted molar refractivity (Wildman–Crippen MR) is 76.2 cm³/mol. The van der Waals surface area contributed by atoms with Gasteiger partial charge in [-0.3, -0.25) is 0 Å². The van der Waals surface area contributed by atoms with Gasteiger partial charge in [0.25, 0.3) is 0 Å². The maximum Gasteiger partial charge on any atom is 0.411 e. The molecule has 0 rings (SSSR count). The fourth-order valence-corrected chi connectivity index (χ4v) is 0.855. The first kappa shape index (κ1) is 19.8. The molecule has 0 aromatic rings. The predicted octanol–water partition coefficient (Wildman–Crippen LogP) is 2.05. The van der Waals surface area contributed by atoms with Crippen molar-refractivity contribution in [2.75, 3.05) is 26.3 Å². The SMILES string of the molecule is C=C(C)CN=C(N)NCCCOCC(F)(F)F.I. The van der Waals surface area contributed by atoms with Crippen molar-refractivity contribution in [1.29, 1.82) is 0 Å². The highest BCUT2D eigenvalue weighted by atomic mass is 127. The second kappa shape index (κ2) is 10.4. The molecule has 108 valence electrons. The van der Waals surface area contributed by atoms with Crippen molar-refractivity contribution in [2.24, 2.45) is 10.7 Å². The Morgan fingerprint density at radius 2 is 2.06 bits per heavy atom. The van der Waals surface area contributed by atoms with Gasteiger partial charge in [0, 0.05) is 13.2 Å². The molecule has 0 atom stereocenters. The van der Waals surface area contributed by atoms with Crippen LogP contribution in [0.3, 0.4) is 0 Å². The van der Waals surface area contributed by atoms with Gasteiger partial charge in [-0.05, 0) is 13.3 Å². The smallest absolute Gasteiger partial charge is 0.372 e. The Labute approximate surface area is 122 Å². The first-order chi connectivity index (χ1) is 7.81. The van der Waals surface area contributed by atoms with Gasteiger partial charge in [-0.25, -0.2) is 4.99 Å². The number of nitrogens with one attached hydrogen (secondary N) is 1. The van der Waals surface area contributed by atoms with E-state index >= 15 is 0 Å². The topological polar surface area (TPSA) is 59.6 Å². The van der Waals surface area contributed by atoms with E-state index in [1.165, 1.54) is 0 Å². The molecule has 0 spiro atoms. The van der Waals surface area contributed by atoms with Crippen molar-refractivity contribution in [1.82, 2.24) is 5.32 Å².